The highest BCUT2D eigenvalue weighted by molar-refractivity contribution is 6.04. The highest BCUT2D eigenvalue weighted by atomic mass is 16.6. The summed E-state index contributed by atoms with van der Waals surface area (Å²) >= 11 is 0. The second-order valence-electron chi connectivity index (χ2n) is 7.29. The Balaban J connectivity index is 2.13. The summed E-state index contributed by atoms with van der Waals surface area (Å²) in [4.78, 5) is 40.2. The molecular formula is C21H25N3O5. The molecule has 1 atom stereocenters. The molecule has 0 bridgehead atoms. The molecule has 2 rings (SSSR count). The highest BCUT2D eigenvalue weighted by Crippen LogP contribution is 2.20. The number of alkyl carbamates (subject to hydrolysis) is 1. The van der Waals surface area contributed by atoms with Crippen molar-refractivity contribution in [1.82, 2.24) is 10.3 Å². The normalized spacial score (nSPS) is 11.9. The maximum absolute atomic E-state index is 12.4. The quantitative estimate of drug-likeness (QED) is 0.721. The first-order valence-electron chi connectivity index (χ1n) is 9.05. The van der Waals surface area contributed by atoms with E-state index in [0.29, 0.717) is 16.8 Å². The van der Waals surface area contributed by atoms with Crippen LogP contribution in [0.5, 0.6) is 0 Å². The van der Waals surface area contributed by atoms with Gasteiger partial charge in [-0.25, -0.2) is 4.79 Å². The van der Waals surface area contributed by atoms with Gasteiger partial charge in [0.25, 0.3) is 5.91 Å². The van der Waals surface area contributed by atoms with Gasteiger partial charge in [-0.1, -0.05) is 12.1 Å². The summed E-state index contributed by atoms with van der Waals surface area (Å²) in [5.41, 5.74) is 1.03. The van der Waals surface area contributed by atoms with Gasteiger partial charge in [0.2, 0.25) is 0 Å². The fourth-order valence-corrected chi connectivity index (χ4v) is 2.46. The van der Waals surface area contributed by atoms with E-state index in [-0.39, 0.29) is 12.3 Å². The fraction of sp³-hybridized carbons (Fsp3) is 0.333. The van der Waals surface area contributed by atoms with Crippen molar-refractivity contribution in [3.8, 4) is 0 Å². The third-order valence-corrected chi connectivity index (χ3v) is 3.80. The Kier molecular flexibility index (Phi) is 7.30. The smallest absolute Gasteiger partial charge is 0.408 e. The first-order valence-corrected chi connectivity index (χ1v) is 9.05. The molecule has 0 radical (unpaired) electrons. The second kappa shape index (κ2) is 9.68. The lowest BCUT2D eigenvalue weighted by molar-refractivity contribution is -0.141. The van der Waals surface area contributed by atoms with E-state index in [1.807, 2.05) is 0 Å². The SMILES string of the molecule is COC(=O)CC(NC(=O)OC(C)(C)C)c1ccc(C(=O)Nc2ccncc2)cc1. The molecule has 0 fully saturated rings. The van der Waals surface area contributed by atoms with E-state index in [4.69, 9.17) is 9.47 Å². The lowest BCUT2D eigenvalue weighted by Gasteiger charge is -2.23. The lowest BCUT2D eigenvalue weighted by Crippen LogP contribution is -2.36. The predicted molar refractivity (Wildman–Crippen MR) is 107 cm³/mol. The van der Waals surface area contributed by atoms with E-state index in [1.165, 1.54) is 7.11 Å². The van der Waals surface area contributed by atoms with Crippen LogP contribution in [-0.2, 0) is 14.3 Å². The number of nitrogens with zero attached hydrogens (tertiary/aromatic N) is 1. The molecule has 0 aliphatic heterocycles. The van der Waals surface area contributed by atoms with Crippen LogP contribution in [0.2, 0.25) is 0 Å². The minimum atomic E-state index is -0.672. The van der Waals surface area contributed by atoms with Gasteiger partial charge < -0.3 is 20.1 Å². The second-order valence-corrected chi connectivity index (χ2v) is 7.29. The number of anilines is 1. The largest absolute Gasteiger partial charge is 0.469 e. The number of hydrogen-bond acceptors (Lipinski definition) is 6. The van der Waals surface area contributed by atoms with E-state index < -0.39 is 23.7 Å². The summed E-state index contributed by atoms with van der Waals surface area (Å²) < 4.78 is 9.97. The predicted octanol–water partition coefficient (Wildman–Crippen LogP) is 3.46. The summed E-state index contributed by atoms with van der Waals surface area (Å²) in [7, 11) is 1.28. The first kappa shape index (κ1) is 21.9. The van der Waals surface area contributed by atoms with Crippen LogP contribution in [0.4, 0.5) is 10.5 Å². The number of aromatic nitrogens is 1. The molecule has 8 heteroatoms. The number of rotatable bonds is 6. The molecule has 1 unspecified atom stereocenters. The van der Waals surface area contributed by atoms with Crippen LogP contribution in [0.1, 0.15) is 49.2 Å². The van der Waals surface area contributed by atoms with Gasteiger partial charge in [0.05, 0.1) is 19.6 Å². The molecule has 0 saturated carbocycles. The molecule has 8 nitrogen and oxygen atoms in total. The third-order valence-electron chi connectivity index (χ3n) is 3.80. The zero-order chi connectivity index (χ0) is 21.4. The Bertz CT molecular complexity index is 845. The molecule has 0 spiro atoms. The molecule has 2 amide bonds. The summed E-state index contributed by atoms with van der Waals surface area (Å²) in [6.07, 6.45) is 2.45. The van der Waals surface area contributed by atoms with Gasteiger partial charge in [-0.2, -0.15) is 0 Å². The van der Waals surface area contributed by atoms with Crippen molar-refractivity contribution >= 4 is 23.7 Å². The van der Waals surface area contributed by atoms with Crippen molar-refractivity contribution in [1.29, 1.82) is 0 Å². The number of hydrogen-bond donors (Lipinski definition) is 2. The van der Waals surface area contributed by atoms with Gasteiger partial charge in [0.15, 0.2) is 0 Å². The molecule has 1 aromatic heterocycles. The summed E-state index contributed by atoms with van der Waals surface area (Å²) in [5, 5.41) is 5.44. The van der Waals surface area contributed by atoms with Crippen LogP contribution in [0.15, 0.2) is 48.8 Å². The number of esters is 1. The van der Waals surface area contributed by atoms with E-state index in [1.54, 1.807) is 69.6 Å². The van der Waals surface area contributed by atoms with Gasteiger partial charge in [-0.3, -0.25) is 14.6 Å². The van der Waals surface area contributed by atoms with Crippen molar-refractivity contribution in [2.24, 2.45) is 0 Å². The highest BCUT2D eigenvalue weighted by Gasteiger charge is 2.23. The maximum atomic E-state index is 12.4. The van der Waals surface area contributed by atoms with Crippen molar-refractivity contribution in [3.63, 3.8) is 0 Å². The molecule has 154 valence electrons. The molecular weight excluding hydrogens is 374 g/mol. The number of benzene rings is 1. The number of pyridine rings is 1. The Morgan fingerprint density at radius 2 is 1.66 bits per heavy atom. The molecule has 0 aliphatic carbocycles. The molecule has 2 N–H and O–H groups in total. The van der Waals surface area contributed by atoms with Crippen molar-refractivity contribution < 1.29 is 23.9 Å². The van der Waals surface area contributed by atoms with Crippen molar-refractivity contribution in [2.75, 3.05) is 12.4 Å². The topological polar surface area (TPSA) is 107 Å². The van der Waals surface area contributed by atoms with Gasteiger partial charge in [-0.05, 0) is 50.6 Å². The molecule has 0 aliphatic rings. The number of carbonyl (C=O) groups excluding carboxylic acids is 3. The minimum absolute atomic E-state index is 0.0711. The van der Waals surface area contributed by atoms with Crippen LogP contribution >= 0.6 is 0 Å². The average Bonchev–Trinajstić information content (AvgIpc) is 2.66. The van der Waals surface area contributed by atoms with Crippen LogP contribution < -0.4 is 10.6 Å². The molecule has 29 heavy (non-hydrogen) atoms. The van der Waals surface area contributed by atoms with Gasteiger partial charge >= 0.3 is 12.1 Å². The Morgan fingerprint density at radius 1 is 1.03 bits per heavy atom. The van der Waals surface area contributed by atoms with E-state index >= 15 is 0 Å². The number of methoxy groups -OCH3 is 1. The van der Waals surface area contributed by atoms with Gasteiger partial charge in [0.1, 0.15) is 5.60 Å². The van der Waals surface area contributed by atoms with E-state index in [2.05, 4.69) is 15.6 Å². The van der Waals surface area contributed by atoms with Crippen LogP contribution in [-0.4, -0.2) is 35.7 Å². The van der Waals surface area contributed by atoms with Crippen molar-refractivity contribution in [2.45, 2.75) is 38.8 Å². The third kappa shape index (κ3) is 7.25. The fourth-order valence-electron chi connectivity index (χ4n) is 2.46. The number of carbonyl (C=O) groups is 3. The Morgan fingerprint density at radius 3 is 2.21 bits per heavy atom. The van der Waals surface area contributed by atoms with Crippen LogP contribution in [0.25, 0.3) is 0 Å². The summed E-state index contributed by atoms with van der Waals surface area (Å²) in [5.74, 6) is -0.766. The molecule has 1 heterocycles. The molecule has 0 saturated heterocycles. The molecule has 2 aromatic rings. The zero-order valence-electron chi connectivity index (χ0n) is 16.9. The monoisotopic (exact) mass is 399 g/mol. The summed E-state index contributed by atoms with van der Waals surface area (Å²) in [6, 6.07) is 9.29. The lowest BCUT2D eigenvalue weighted by atomic mass is 10.0. The van der Waals surface area contributed by atoms with Crippen molar-refractivity contribution in [3.05, 3.63) is 59.9 Å². The average molecular weight is 399 g/mol. The minimum Gasteiger partial charge on any atom is -0.469 e. The molecule has 1 aromatic carbocycles. The van der Waals surface area contributed by atoms with Gasteiger partial charge in [0, 0.05) is 23.6 Å². The summed E-state index contributed by atoms with van der Waals surface area (Å²) in [6.45, 7) is 5.24. The number of amides is 2. The maximum Gasteiger partial charge on any atom is 0.408 e. The zero-order valence-corrected chi connectivity index (χ0v) is 16.9. The first-order chi connectivity index (χ1) is 13.7. The number of ether oxygens (including phenoxy) is 2. The standard InChI is InChI=1S/C21H25N3O5/c1-21(2,3)29-20(27)24-17(13-18(25)28-4)14-5-7-15(8-6-14)19(26)23-16-9-11-22-12-10-16/h5-12,17H,13H2,1-4H3,(H,24,27)(H,22,23,26). The van der Waals surface area contributed by atoms with Gasteiger partial charge in [-0.15, -0.1) is 0 Å². The van der Waals surface area contributed by atoms with E-state index in [9.17, 15) is 14.4 Å². The Labute approximate surface area is 169 Å². The Hall–Kier alpha value is -3.42. The van der Waals surface area contributed by atoms with Crippen LogP contribution in [0, 0.1) is 0 Å². The number of nitrogens with one attached hydrogen (secondary N) is 2. The van der Waals surface area contributed by atoms with Crippen LogP contribution in [0.3, 0.4) is 0 Å². The van der Waals surface area contributed by atoms with E-state index in [0.717, 1.165) is 0 Å².